The molecule has 2 aromatic rings. The van der Waals surface area contributed by atoms with Gasteiger partial charge >= 0.3 is 0 Å². The highest BCUT2D eigenvalue weighted by Gasteiger charge is 2.03. The van der Waals surface area contributed by atoms with Crippen LogP contribution in [0.5, 0.6) is 0 Å². The van der Waals surface area contributed by atoms with Gasteiger partial charge in [-0.3, -0.25) is 9.88 Å². The molecule has 16 heavy (non-hydrogen) atoms. The summed E-state index contributed by atoms with van der Waals surface area (Å²) >= 11 is 1.78. The van der Waals surface area contributed by atoms with Gasteiger partial charge < -0.3 is 5.73 Å². The van der Waals surface area contributed by atoms with Crippen LogP contribution in [0.25, 0.3) is 0 Å². The summed E-state index contributed by atoms with van der Waals surface area (Å²) in [6.07, 6.45) is 1.70. The van der Waals surface area contributed by atoms with Gasteiger partial charge in [-0.25, -0.2) is 0 Å². The molecule has 2 N–H and O–H groups in total. The molecule has 0 saturated heterocycles. The maximum absolute atomic E-state index is 5.59. The Balaban J connectivity index is 1.92. The Hall–Kier alpha value is -1.39. The smallest absolute Gasteiger partial charge is 0.0545 e. The molecule has 0 aliphatic carbocycles. The van der Waals surface area contributed by atoms with Gasteiger partial charge in [-0.15, -0.1) is 11.3 Å². The highest BCUT2D eigenvalue weighted by Crippen LogP contribution is 2.12. The van der Waals surface area contributed by atoms with Gasteiger partial charge in [-0.1, -0.05) is 6.07 Å². The molecule has 0 aliphatic rings. The minimum absolute atomic E-state index is 0.713. The van der Waals surface area contributed by atoms with Gasteiger partial charge in [0, 0.05) is 18.0 Å². The summed E-state index contributed by atoms with van der Waals surface area (Å²) in [4.78, 5) is 7.90. The lowest BCUT2D eigenvalue weighted by Gasteiger charge is -2.14. The van der Waals surface area contributed by atoms with Crippen molar-refractivity contribution in [3.8, 4) is 0 Å². The lowest BCUT2D eigenvalue weighted by Crippen LogP contribution is -2.17. The van der Waals surface area contributed by atoms with Gasteiger partial charge in [0.1, 0.15) is 0 Å². The topological polar surface area (TPSA) is 42.1 Å². The molecular weight excluding hydrogens is 218 g/mol. The third-order valence-corrected chi connectivity index (χ3v) is 3.15. The summed E-state index contributed by atoms with van der Waals surface area (Å²) in [5, 5.41) is 2.10. The first-order valence-electron chi connectivity index (χ1n) is 5.15. The molecular formula is C12H15N3S. The Labute approximate surface area is 99.5 Å². The molecule has 0 fully saturated rings. The Bertz CT molecular complexity index is 422. The fourth-order valence-electron chi connectivity index (χ4n) is 1.53. The van der Waals surface area contributed by atoms with Gasteiger partial charge in [0.15, 0.2) is 0 Å². The molecule has 2 aromatic heterocycles. The van der Waals surface area contributed by atoms with E-state index in [1.54, 1.807) is 17.5 Å². The monoisotopic (exact) mass is 233 g/mol. The summed E-state index contributed by atoms with van der Waals surface area (Å²) in [6, 6.07) is 8.09. The van der Waals surface area contributed by atoms with Crippen LogP contribution in [0, 0.1) is 0 Å². The van der Waals surface area contributed by atoms with E-state index in [1.807, 2.05) is 12.1 Å². The van der Waals surface area contributed by atoms with Crippen LogP contribution in [0.1, 0.15) is 10.6 Å². The Morgan fingerprint density at radius 2 is 2.19 bits per heavy atom. The molecule has 0 bridgehead atoms. The van der Waals surface area contributed by atoms with Gasteiger partial charge in [0.05, 0.1) is 17.6 Å². The second-order valence-corrected chi connectivity index (χ2v) is 4.87. The molecule has 3 nitrogen and oxygen atoms in total. The molecule has 0 unspecified atom stereocenters. The maximum atomic E-state index is 5.59. The van der Waals surface area contributed by atoms with E-state index in [9.17, 15) is 0 Å². The van der Waals surface area contributed by atoms with Crippen molar-refractivity contribution in [2.24, 2.45) is 0 Å². The van der Waals surface area contributed by atoms with Gasteiger partial charge in [-0.05, 0) is 30.6 Å². The predicted octanol–water partition coefficient (Wildman–Crippen LogP) is 2.36. The average Bonchev–Trinajstić information content (AvgIpc) is 2.74. The van der Waals surface area contributed by atoms with Crippen molar-refractivity contribution >= 4 is 17.0 Å². The van der Waals surface area contributed by atoms with Crippen LogP contribution in [0.4, 0.5) is 5.69 Å². The lowest BCUT2D eigenvalue weighted by molar-refractivity contribution is 0.318. The van der Waals surface area contributed by atoms with Crippen molar-refractivity contribution in [3.05, 3.63) is 46.4 Å². The minimum atomic E-state index is 0.713. The van der Waals surface area contributed by atoms with Gasteiger partial charge in [-0.2, -0.15) is 0 Å². The first-order valence-corrected chi connectivity index (χ1v) is 6.03. The second kappa shape index (κ2) is 5.09. The van der Waals surface area contributed by atoms with Crippen molar-refractivity contribution in [1.82, 2.24) is 9.88 Å². The van der Waals surface area contributed by atoms with Crippen LogP contribution < -0.4 is 5.73 Å². The Morgan fingerprint density at radius 3 is 2.81 bits per heavy atom. The van der Waals surface area contributed by atoms with Crippen molar-refractivity contribution < 1.29 is 0 Å². The number of hydrogen-bond donors (Lipinski definition) is 1. The number of rotatable bonds is 4. The number of pyridine rings is 1. The fourth-order valence-corrected chi connectivity index (χ4v) is 2.31. The molecule has 84 valence electrons. The van der Waals surface area contributed by atoms with Crippen LogP contribution in [-0.2, 0) is 13.1 Å². The highest BCUT2D eigenvalue weighted by atomic mass is 32.1. The molecule has 0 amide bonds. The zero-order valence-electron chi connectivity index (χ0n) is 9.26. The second-order valence-electron chi connectivity index (χ2n) is 3.83. The van der Waals surface area contributed by atoms with Crippen LogP contribution in [-0.4, -0.2) is 16.9 Å². The molecule has 0 spiro atoms. The molecule has 2 heterocycles. The van der Waals surface area contributed by atoms with Crippen LogP contribution in [0.2, 0.25) is 0 Å². The molecule has 0 saturated carbocycles. The summed E-state index contributed by atoms with van der Waals surface area (Å²) in [6.45, 7) is 1.81. The average molecular weight is 233 g/mol. The van der Waals surface area contributed by atoms with E-state index in [4.69, 9.17) is 5.73 Å². The van der Waals surface area contributed by atoms with E-state index in [1.165, 1.54) is 4.88 Å². The zero-order chi connectivity index (χ0) is 11.4. The van der Waals surface area contributed by atoms with Crippen molar-refractivity contribution in [2.75, 3.05) is 12.8 Å². The van der Waals surface area contributed by atoms with Crippen molar-refractivity contribution in [3.63, 3.8) is 0 Å². The third-order valence-electron chi connectivity index (χ3n) is 2.29. The summed E-state index contributed by atoms with van der Waals surface area (Å²) in [5.41, 5.74) is 7.35. The molecule has 0 radical (unpaired) electrons. The Morgan fingerprint density at radius 1 is 1.31 bits per heavy atom. The summed E-state index contributed by atoms with van der Waals surface area (Å²) in [5.74, 6) is 0. The molecule has 0 aliphatic heterocycles. The van der Waals surface area contributed by atoms with E-state index in [2.05, 4.69) is 34.4 Å². The normalized spacial score (nSPS) is 10.9. The molecule has 0 aromatic carbocycles. The van der Waals surface area contributed by atoms with E-state index < -0.39 is 0 Å². The third kappa shape index (κ3) is 3.05. The zero-order valence-corrected chi connectivity index (χ0v) is 10.1. The quantitative estimate of drug-likeness (QED) is 0.881. The molecule has 4 heteroatoms. The van der Waals surface area contributed by atoms with Crippen LogP contribution in [0.3, 0.4) is 0 Å². The van der Waals surface area contributed by atoms with E-state index in [-0.39, 0.29) is 0 Å². The van der Waals surface area contributed by atoms with Gasteiger partial charge in [0.2, 0.25) is 0 Å². The predicted molar refractivity (Wildman–Crippen MR) is 68.1 cm³/mol. The number of nitrogens with zero attached hydrogens (tertiary/aromatic N) is 2. The number of thiophene rings is 1. The maximum Gasteiger partial charge on any atom is 0.0545 e. The number of aromatic nitrogens is 1. The van der Waals surface area contributed by atoms with Crippen molar-refractivity contribution in [1.29, 1.82) is 0 Å². The highest BCUT2D eigenvalue weighted by molar-refractivity contribution is 7.09. The summed E-state index contributed by atoms with van der Waals surface area (Å²) in [7, 11) is 2.09. The first kappa shape index (κ1) is 11.1. The van der Waals surface area contributed by atoms with Crippen LogP contribution >= 0.6 is 11.3 Å². The first-order chi connectivity index (χ1) is 7.74. The number of anilines is 1. The lowest BCUT2D eigenvalue weighted by atomic mass is 10.3. The van der Waals surface area contributed by atoms with E-state index in [0.29, 0.717) is 5.69 Å². The number of nitrogen functional groups attached to an aromatic ring is 1. The Kier molecular flexibility index (Phi) is 3.54. The summed E-state index contributed by atoms with van der Waals surface area (Å²) < 4.78 is 0. The van der Waals surface area contributed by atoms with Crippen LogP contribution in [0.15, 0.2) is 35.8 Å². The van der Waals surface area contributed by atoms with Crippen molar-refractivity contribution in [2.45, 2.75) is 13.1 Å². The minimum Gasteiger partial charge on any atom is -0.397 e. The van der Waals surface area contributed by atoms with Gasteiger partial charge in [0.25, 0.3) is 0 Å². The largest absolute Gasteiger partial charge is 0.397 e. The number of hydrogen-bond acceptors (Lipinski definition) is 4. The standard InChI is InChI=1S/C12H15N3S/c1-15(9-12-3-2-6-16-12)8-11-5-4-10(13)7-14-11/h2-7H,8-9,13H2,1H3. The number of nitrogens with two attached hydrogens (primary N) is 1. The van der Waals surface area contributed by atoms with E-state index >= 15 is 0 Å². The molecule has 0 atom stereocenters. The molecule has 2 rings (SSSR count). The SMILES string of the molecule is CN(Cc1ccc(N)cn1)Cc1cccs1. The van der Waals surface area contributed by atoms with E-state index in [0.717, 1.165) is 18.8 Å². The fraction of sp³-hybridized carbons (Fsp3) is 0.250.